The molecule has 0 spiro atoms. The largest absolute Gasteiger partial charge is 0.298 e. The monoisotopic (exact) mass is 560 g/mol. The SMILES string of the molecule is CC(C)=CC=C/C(C)=C/C=C/C(C)=C/C=C/C(C)=C/C=C/C=C(C)/C=C/C=C(C)/C=C/C=C(\C)C=CC=C(C=O)C=O. The molecule has 0 fully saturated rings. The van der Waals surface area contributed by atoms with Crippen LogP contribution in [0.5, 0.6) is 0 Å². The lowest BCUT2D eigenvalue weighted by Crippen LogP contribution is -1.82. The van der Waals surface area contributed by atoms with Crippen molar-refractivity contribution in [2.75, 3.05) is 0 Å². The van der Waals surface area contributed by atoms with E-state index in [9.17, 15) is 9.59 Å². The van der Waals surface area contributed by atoms with E-state index in [0.717, 1.165) is 16.7 Å². The molecule has 0 bridgehead atoms. The van der Waals surface area contributed by atoms with E-state index in [1.54, 1.807) is 6.08 Å². The minimum atomic E-state index is 0.116. The highest BCUT2D eigenvalue weighted by Crippen LogP contribution is 2.04. The first kappa shape index (κ1) is 37.4. The average Bonchev–Trinajstić information content (AvgIpc) is 2.93. The Bertz CT molecular complexity index is 1330. The van der Waals surface area contributed by atoms with E-state index in [1.807, 2.05) is 56.4 Å². The molecule has 0 aliphatic heterocycles. The highest BCUT2D eigenvalue weighted by atomic mass is 16.1. The Morgan fingerprint density at radius 3 is 0.810 bits per heavy atom. The summed E-state index contributed by atoms with van der Waals surface area (Å²) >= 11 is 0. The summed E-state index contributed by atoms with van der Waals surface area (Å²) in [6.45, 7) is 16.5. The fraction of sp³-hybridized carbons (Fsp3) is 0.200. The fourth-order valence-electron chi connectivity index (χ4n) is 2.96. The Morgan fingerprint density at radius 2 is 0.548 bits per heavy atom. The molecule has 2 heteroatoms. The third-order valence-corrected chi connectivity index (χ3v) is 5.41. The van der Waals surface area contributed by atoms with Crippen molar-refractivity contribution < 1.29 is 9.59 Å². The second-order valence-corrected chi connectivity index (χ2v) is 10.2. The van der Waals surface area contributed by atoms with Crippen LogP contribution in [0.2, 0.25) is 0 Å². The molecule has 220 valence electrons. The Morgan fingerprint density at radius 1 is 0.310 bits per heavy atom. The van der Waals surface area contributed by atoms with Gasteiger partial charge in [0.05, 0.1) is 5.57 Å². The quantitative estimate of drug-likeness (QED) is 0.0618. The minimum Gasteiger partial charge on any atom is -0.298 e. The lowest BCUT2D eigenvalue weighted by Gasteiger charge is -1.91. The average molecular weight is 561 g/mol. The Kier molecular flexibility index (Phi) is 21.6. The van der Waals surface area contributed by atoms with Crippen molar-refractivity contribution in [2.24, 2.45) is 0 Å². The van der Waals surface area contributed by atoms with Gasteiger partial charge in [-0.25, -0.2) is 0 Å². The van der Waals surface area contributed by atoms with Gasteiger partial charge in [0, 0.05) is 0 Å². The van der Waals surface area contributed by atoms with Crippen LogP contribution in [0.3, 0.4) is 0 Å². The smallest absolute Gasteiger partial charge is 0.153 e. The molecule has 0 aliphatic rings. The van der Waals surface area contributed by atoms with E-state index in [4.69, 9.17) is 0 Å². The molecule has 0 unspecified atom stereocenters. The molecule has 0 aliphatic carbocycles. The molecule has 0 rings (SSSR count). The van der Waals surface area contributed by atoms with Gasteiger partial charge in [-0.3, -0.25) is 9.59 Å². The number of rotatable bonds is 16. The Hall–Kier alpha value is -4.56. The third kappa shape index (κ3) is 23.3. The van der Waals surface area contributed by atoms with E-state index in [0.29, 0.717) is 12.6 Å². The standard InChI is InChI=1S/C40H48O2/c1-33(2)17-11-20-36(5)23-14-26-37(6)24-12-21-34(3)18-9-10-19-35(4)22-13-25-38(7)27-15-28-39(8)29-16-30-40(31-41)32-42/h9-32H,1-8H3/b10-9+,20-11?,21-12+,22-13+,26-14+,27-15+,29-16?,34-18+,35-19+,36-23+,37-24+,38-25+,39-28+. The van der Waals surface area contributed by atoms with Gasteiger partial charge in [0.2, 0.25) is 0 Å². The topological polar surface area (TPSA) is 34.1 Å². The van der Waals surface area contributed by atoms with Gasteiger partial charge in [-0.15, -0.1) is 0 Å². The van der Waals surface area contributed by atoms with Crippen molar-refractivity contribution in [3.05, 3.63) is 178 Å². The summed E-state index contributed by atoms with van der Waals surface area (Å²) in [7, 11) is 0. The summed E-state index contributed by atoms with van der Waals surface area (Å²) in [6, 6.07) is 0. The maximum Gasteiger partial charge on any atom is 0.153 e. The number of carbonyl (C=O) groups excluding carboxylic acids is 2. The summed E-state index contributed by atoms with van der Waals surface area (Å²) in [6.07, 6.45) is 45.3. The van der Waals surface area contributed by atoms with E-state index >= 15 is 0 Å². The number of aldehydes is 2. The molecule has 0 saturated carbocycles. The van der Waals surface area contributed by atoms with Crippen LogP contribution in [0.15, 0.2) is 178 Å². The van der Waals surface area contributed by atoms with Crippen LogP contribution in [0, 0.1) is 0 Å². The molecule has 0 N–H and O–H groups in total. The van der Waals surface area contributed by atoms with Crippen molar-refractivity contribution in [1.29, 1.82) is 0 Å². The van der Waals surface area contributed by atoms with Crippen molar-refractivity contribution in [1.82, 2.24) is 0 Å². The number of carbonyl (C=O) groups is 2. The predicted octanol–water partition coefficient (Wildman–Crippen LogP) is 10.8. The molecule has 0 aromatic heterocycles. The van der Waals surface area contributed by atoms with Crippen LogP contribution in [-0.2, 0) is 9.59 Å². The Balaban J connectivity index is 4.85. The highest BCUT2D eigenvalue weighted by molar-refractivity contribution is 5.99. The lowest BCUT2D eigenvalue weighted by molar-refractivity contribution is -0.109. The molecule has 0 amide bonds. The van der Waals surface area contributed by atoms with E-state index in [1.165, 1.54) is 28.4 Å². The highest BCUT2D eigenvalue weighted by Gasteiger charge is 1.87. The maximum absolute atomic E-state index is 10.6. The summed E-state index contributed by atoms with van der Waals surface area (Å²) < 4.78 is 0. The summed E-state index contributed by atoms with van der Waals surface area (Å²) in [5.74, 6) is 0. The molecule has 2 nitrogen and oxygen atoms in total. The van der Waals surface area contributed by atoms with Gasteiger partial charge < -0.3 is 0 Å². The molecule has 0 saturated heterocycles. The number of allylic oxidation sites excluding steroid dienone is 30. The minimum absolute atomic E-state index is 0.116. The molecule has 0 aromatic rings. The van der Waals surface area contributed by atoms with Crippen LogP contribution in [0.4, 0.5) is 0 Å². The van der Waals surface area contributed by atoms with Gasteiger partial charge in [-0.05, 0) is 61.5 Å². The van der Waals surface area contributed by atoms with Crippen molar-refractivity contribution in [2.45, 2.75) is 55.4 Å². The predicted molar refractivity (Wildman–Crippen MR) is 186 cm³/mol. The van der Waals surface area contributed by atoms with Crippen molar-refractivity contribution in [3.8, 4) is 0 Å². The first-order valence-electron chi connectivity index (χ1n) is 14.1. The van der Waals surface area contributed by atoms with Crippen molar-refractivity contribution >= 4 is 12.6 Å². The summed E-state index contributed by atoms with van der Waals surface area (Å²) in [5.41, 5.74) is 8.27. The van der Waals surface area contributed by atoms with E-state index in [-0.39, 0.29) is 5.57 Å². The molecule has 0 atom stereocenters. The molecule has 0 aromatic carbocycles. The molecular formula is C40H48O2. The zero-order valence-corrected chi connectivity index (χ0v) is 26.7. The second kappa shape index (κ2) is 24.3. The van der Waals surface area contributed by atoms with Crippen molar-refractivity contribution in [3.63, 3.8) is 0 Å². The van der Waals surface area contributed by atoms with Gasteiger partial charge in [-0.1, -0.05) is 167 Å². The number of hydrogen-bond donors (Lipinski definition) is 0. The van der Waals surface area contributed by atoms with Crippen LogP contribution < -0.4 is 0 Å². The summed E-state index contributed by atoms with van der Waals surface area (Å²) in [4.78, 5) is 21.2. The zero-order valence-electron chi connectivity index (χ0n) is 26.7. The van der Waals surface area contributed by atoms with Gasteiger partial charge in [0.15, 0.2) is 12.6 Å². The van der Waals surface area contributed by atoms with Gasteiger partial charge in [0.25, 0.3) is 0 Å². The summed E-state index contributed by atoms with van der Waals surface area (Å²) in [5, 5.41) is 0. The van der Waals surface area contributed by atoms with E-state index in [2.05, 4.69) is 121 Å². The van der Waals surface area contributed by atoms with Crippen LogP contribution in [0.1, 0.15) is 55.4 Å². The molecule has 0 radical (unpaired) electrons. The molecule has 0 heterocycles. The zero-order chi connectivity index (χ0) is 31.6. The van der Waals surface area contributed by atoms with Crippen LogP contribution in [-0.4, -0.2) is 12.6 Å². The molecule has 42 heavy (non-hydrogen) atoms. The van der Waals surface area contributed by atoms with Crippen LogP contribution >= 0.6 is 0 Å². The van der Waals surface area contributed by atoms with Gasteiger partial charge in [-0.2, -0.15) is 0 Å². The normalized spacial score (nSPS) is 15.0. The Labute approximate surface area is 255 Å². The van der Waals surface area contributed by atoms with E-state index < -0.39 is 0 Å². The van der Waals surface area contributed by atoms with Gasteiger partial charge >= 0.3 is 0 Å². The number of hydrogen-bond acceptors (Lipinski definition) is 2. The van der Waals surface area contributed by atoms with Crippen LogP contribution in [0.25, 0.3) is 0 Å². The maximum atomic E-state index is 10.6. The van der Waals surface area contributed by atoms with Gasteiger partial charge in [0.1, 0.15) is 0 Å². The molecular weight excluding hydrogens is 512 g/mol. The first-order valence-corrected chi connectivity index (χ1v) is 14.1. The second-order valence-electron chi connectivity index (χ2n) is 10.2. The first-order chi connectivity index (χ1) is 20.1. The fourth-order valence-corrected chi connectivity index (χ4v) is 2.96. The third-order valence-electron chi connectivity index (χ3n) is 5.41. The lowest BCUT2D eigenvalue weighted by atomic mass is 10.2.